The van der Waals surface area contributed by atoms with E-state index in [0.717, 1.165) is 30.6 Å². The van der Waals surface area contributed by atoms with Gasteiger partial charge in [0, 0.05) is 30.0 Å². The number of carbonyl (C=O) groups is 1. The third kappa shape index (κ3) is 2.53. The number of aliphatic hydroxyl groups excluding tert-OH is 1. The standard InChI is InChI=1S/C17H23NO3/c1-10-11(2)21-16-13(10)6-4-7-14(16)17(20)18-15-8-3-5-12(15)9-19/h4,6-7,10-12,15,19H,3,5,8-9H2,1-2H3,(H,18,20). The van der Waals surface area contributed by atoms with Gasteiger partial charge in [-0.2, -0.15) is 0 Å². The zero-order chi connectivity index (χ0) is 15.0. The predicted molar refractivity (Wildman–Crippen MR) is 80.6 cm³/mol. The van der Waals surface area contributed by atoms with Crippen molar-refractivity contribution in [2.45, 2.75) is 51.2 Å². The normalized spacial score (nSPS) is 30.8. The highest BCUT2D eigenvalue weighted by Gasteiger charge is 2.33. The SMILES string of the molecule is CC1Oc2c(C(=O)NC3CCCC3CO)cccc2C1C. The molecule has 4 atom stereocenters. The largest absolute Gasteiger partial charge is 0.489 e. The minimum Gasteiger partial charge on any atom is -0.489 e. The lowest BCUT2D eigenvalue weighted by atomic mass is 9.96. The van der Waals surface area contributed by atoms with Gasteiger partial charge in [-0.1, -0.05) is 25.5 Å². The van der Waals surface area contributed by atoms with E-state index in [9.17, 15) is 9.90 Å². The summed E-state index contributed by atoms with van der Waals surface area (Å²) in [6.07, 6.45) is 3.09. The summed E-state index contributed by atoms with van der Waals surface area (Å²) >= 11 is 0. The van der Waals surface area contributed by atoms with Crippen molar-refractivity contribution in [3.63, 3.8) is 0 Å². The Balaban J connectivity index is 1.80. The molecule has 0 bridgehead atoms. The molecule has 4 nitrogen and oxygen atoms in total. The molecule has 4 unspecified atom stereocenters. The summed E-state index contributed by atoms with van der Waals surface area (Å²) in [4.78, 5) is 12.6. The minimum atomic E-state index is -0.0847. The maximum atomic E-state index is 12.6. The fourth-order valence-corrected chi connectivity index (χ4v) is 3.46. The first-order valence-electron chi connectivity index (χ1n) is 7.83. The van der Waals surface area contributed by atoms with Crippen molar-refractivity contribution < 1.29 is 14.6 Å². The van der Waals surface area contributed by atoms with Gasteiger partial charge >= 0.3 is 0 Å². The smallest absolute Gasteiger partial charge is 0.255 e. The van der Waals surface area contributed by atoms with Crippen LogP contribution in [0.15, 0.2) is 18.2 Å². The number of hydrogen-bond acceptors (Lipinski definition) is 3. The van der Waals surface area contributed by atoms with Crippen LogP contribution in [0.2, 0.25) is 0 Å². The Hall–Kier alpha value is -1.55. The number of benzene rings is 1. The Morgan fingerprint density at radius 1 is 1.38 bits per heavy atom. The molecule has 0 radical (unpaired) electrons. The summed E-state index contributed by atoms with van der Waals surface area (Å²) in [5.41, 5.74) is 1.73. The number of carbonyl (C=O) groups excluding carboxylic acids is 1. The van der Waals surface area contributed by atoms with Gasteiger partial charge in [0.15, 0.2) is 0 Å². The maximum Gasteiger partial charge on any atom is 0.255 e. The second kappa shape index (κ2) is 5.68. The van der Waals surface area contributed by atoms with Crippen LogP contribution in [-0.4, -0.2) is 29.8 Å². The van der Waals surface area contributed by atoms with Gasteiger partial charge in [-0.05, 0) is 25.8 Å². The van der Waals surface area contributed by atoms with E-state index >= 15 is 0 Å². The van der Waals surface area contributed by atoms with Crippen molar-refractivity contribution in [2.75, 3.05) is 6.61 Å². The maximum absolute atomic E-state index is 12.6. The molecule has 1 aliphatic carbocycles. The monoisotopic (exact) mass is 289 g/mol. The van der Waals surface area contributed by atoms with Crippen LogP contribution >= 0.6 is 0 Å². The van der Waals surface area contributed by atoms with E-state index < -0.39 is 0 Å². The second-order valence-electron chi connectivity index (χ2n) is 6.29. The van der Waals surface area contributed by atoms with Crippen LogP contribution in [0.5, 0.6) is 5.75 Å². The Morgan fingerprint density at radius 2 is 2.19 bits per heavy atom. The van der Waals surface area contributed by atoms with Crippen LogP contribution in [0, 0.1) is 5.92 Å². The molecule has 0 saturated heterocycles. The Kier molecular flexibility index (Phi) is 3.89. The van der Waals surface area contributed by atoms with Crippen molar-refractivity contribution in [2.24, 2.45) is 5.92 Å². The van der Waals surface area contributed by atoms with Gasteiger partial charge in [-0.15, -0.1) is 0 Å². The highest BCUT2D eigenvalue weighted by atomic mass is 16.5. The van der Waals surface area contributed by atoms with E-state index in [1.807, 2.05) is 25.1 Å². The quantitative estimate of drug-likeness (QED) is 0.898. The number of hydrogen-bond donors (Lipinski definition) is 2. The van der Waals surface area contributed by atoms with Crippen LogP contribution in [0.1, 0.15) is 54.9 Å². The molecule has 2 N–H and O–H groups in total. The molecule has 1 heterocycles. The van der Waals surface area contributed by atoms with Crippen LogP contribution < -0.4 is 10.1 Å². The second-order valence-corrected chi connectivity index (χ2v) is 6.29. The number of nitrogens with one attached hydrogen (secondary N) is 1. The zero-order valence-corrected chi connectivity index (χ0v) is 12.6. The first kappa shape index (κ1) is 14.4. The zero-order valence-electron chi connectivity index (χ0n) is 12.6. The van der Waals surface area contributed by atoms with Crippen molar-refractivity contribution in [3.05, 3.63) is 29.3 Å². The van der Waals surface area contributed by atoms with Crippen LogP contribution in [-0.2, 0) is 0 Å². The lowest BCUT2D eigenvalue weighted by Gasteiger charge is -2.19. The average Bonchev–Trinajstić information content (AvgIpc) is 3.04. The minimum absolute atomic E-state index is 0.0783. The molecule has 0 aromatic heterocycles. The summed E-state index contributed by atoms with van der Waals surface area (Å²) in [6, 6.07) is 5.85. The number of aliphatic hydroxyl groups is 1. The lowest BCUT2D eigenvalue weighted by molar-refractivity contribution is 0.0911. The summed E-state index contributed by atoms with van der Waals surface area (Å²) < 4.78 is 5.88. The number of fused-ring (bicyclic) bond motifs is 1. The summed E-state index contributed by atoms with van der Waals surface area (Å²) in [5.74, 6) is 1.14. The summed E-state index contributed by atoms with van der Waals surface area (Å²) in [5, 5.41) is 12.4. The van der Waals surface area contributed by atoms with E-state index in [4.69, 9.17) is 4.74 Å². The Morgan fingerprint density at radius 3 is 2.95 bits per heavy atom. The van der Waals surface area contributed by atoms with Crippen molar-refractivity contribution in [1.29, 1.82) is 0 Å². The van der Waals surface area contributed by atoms with E-state index in [-0.39, 0.29) is 30.6 Å². The van der Waals surface area contributed by atoms with Crippen molar-refractivity contribution >= 4 is 5.91 Å². The van der Waals surface area contributed by atoms with Crippen LogP contribution in [0.25, 0.3) is 0 Å². The molecule has 2 aliphatic rings. The molecule has 3 rings (SSSR count). The van der Waals surface area contributed by atoms with E-state index in [1.54, 1.807) is 0 Å². The molecule has 0 spiro atoms. The highest BCUT2D eigenvalue weighted by molar-refractivity contribution is 5.97. The fourth-order valence-electron chi connectivity index (χ4n) is 3.46. The molecule has 1 aromatic rings. The predicted octanol–water partition coefficient (Wildman–Crippen LogP) is 2.46. The third-order valence-electron chi connectivity index (χ3n) is 5.00. The first-order valence-corrected chi connectivity index (χ1v) is 7.83. The van der Waals surface area contributed by atoms with Crippen molar-refractivity contribution in [1.82, 2.24) is 5.32 Å². The van der Waals surface area contributed by atoms with Gasteiger partial charge in [0.2, 0.25) is 0 Å². The number of rotatable bonds is 3. The molecule has 1 aromatic carbocycles. The van der Waals surface area contributed by atoms with Gasteiger partial charge in [0.05, 0.1) is 5.56 Å². The van der Waals surface area contributed by atoms with Gasteiger partial charge in [-0.25, -0.2) is 0 Å². The summed E-state index contributed by atoms with van der Waals surface area (Å²) in [7, 11) is 0. The van der Waals surface area contributed by atoms with E-state index in [0.29, 0.717) is 11.5 Å². The van der Waals surface area contributed by atoms with Gasteiger partial charge < -0.3 is 15.2 Å². The van der Waals surface area contributed by atoms with Gasteiger partial charge in [0.1, 0.15) is 11.9 Å². The van der Waals surface area contributed by atoms with Crippen LogP contribution in [0.4, 0.5) is 0 Å². The molecule has 1 saturated carbocycles. The Labute approximate surface area is 125 Å². The number of ether oxygens (including phenoxy) is 1. The van der Waals surface area contributed by atoms with Gasteiger partial charge in [0.25, 0.3) is 5.91 Å². The van der Waals surface area contributed by atoms with Crippen LogP contribution in [0.3, 0.4) is 0 Å². The molecule has 1 amide bonds. The Bertz CT molecular complexity index is 543. The molecular weight excluding hydrogens is 266 g/mol. The van der Waals surface area contributed by atoms with E-state index in [2.05, 4.69) is 12.2 Å². The van der Waals surface area contributed by atoms with Crippen molar-refractivity contribution in [3.8, 4) is 5.75 Å². The van der Waals surface area contributed by atoms with E-state index in [1.165, 1.54) is 0 Å². The molecule has 1 aliphatic heterocycles. The molecule has 21 heavy (non-hydrogen) atoms. The van der Waals surface area contributed by atoms with Gasteiger partial charge in [-0.3, -0.25) is 4.79 Å². The average molecular weight is 289 g/mol. The summed E-state index contributed by atoms with van der Waals surface area (Å²) in [6.45, 7) is 4.30. The molecular formula is C17H23NO3. The topological polar surface area (TPSA) is 58.6 Å². The lowest BCUT2D eigenvalue weighted by Crippen LogP contribution is -2.38. The first-order chi connectivity index (χ1) is 10.1. The highest BCUT2D eigenvalue weighted by Crippen LogP contribution is 2.40. The number of para-hydroxylation sites is 1. The molecule has 114 valence electrons. The number of amides is 1. The third-order valence-corrected chi connectivity index (χ3v) is 5.00. The molecule has 1 fully saturated rings. The fraction of sp³-hybridized carbons (Fsp3) is 0.588. The molecule has 4 heteroatoms.